The summed E-state index contributed by atoms with van der Waals surface area (Å²) >= 11 is 0. The van der Waals surface area contributed by atoms with Gasteiger partial charge in [0.25, 0.3) is 0 Å². The van der Waals surface area contributed by atoms with Crippen LogP contribution in [0.1, 0.15) is 0 Å². The Morgan fingerprint density at radius 3 is 1.92 bits per heavy atom. The van der Waals surface area contributed by atoms with Crippen molar-refractivity contribution in [3.63, 3.8) is 0 Å². The number of rotatable bonds is 2. The van der Waals surface area contributed by atoms with Gasteiger partial charge in [-0.1, -0.05) is 0 Å². The molecule has 25 heavy (non-hydrogen) atoms. The quantitative estimate of drug-likeness (QED) is 0.243. The van der Waals surface area contributed by atoms with Crippen LogP contribution in [-0.2, 0) is 28.0 Å². The minimum absolute atomic E-state index is 0. The molecule has 0 unspecified atom stereocenters. The maximum Gasteiger partial charge on any atom is 2.00 e. The van der Waals surface area contributed by atoms with Crippen LogP contribution in [0.5, 0.6) is 0 Å². The van der Waals surface area contributed by atoms with E-state index in [-0.39, 0.29) is 28.0 Å². The molecule has 130 valence electrons. The van der Waals surface area contributed by atoms with E-state index >= 15 is 0 Å². The number of hydrogen-bond donors (Lipinski definition) is 0. The Labute approximate surface area is 150 Å². The Bertz CT molecular complexity index is 714. The summed E-state index contributed by atoms with van der Waals surface area (Å²) in [7, 11) is 0. The third-order valence-electron chi connectivity index (χ3n) is 2.22. The summed E-state index contributed by atoms with van der Waals surface area (Å²) in [5, 5.41) is 27.7. The predicted octanol–water partition coefficient (Wildman–Crippen LogP) is -3.27. The molecule has 0 saturated carbocycles. The Morgan fingerprint density at radius 1 is 0.760 bits per heavy atom. The first kappa shape index (κ1) is 21.7. The second-order valence-corrected chi connectivity index (χ2v) is 3.59. The third-order valence-corrected chi connectivity index (χ3v) is 2.22. The van der Waals surface area contributed by atoms with Gasteiger partial charge in [0.1, 0.15) is 5.69 Å². The first-order valence-electron chi connectivity index (χ1n) is 5.83. The van der Waals surface area contributed by atoms with Crippen LogP contribution < -0.4 is 10.3 Å². The summed E-state index contributed by atoms with van der Waals surface area (Å²) in [6.07, 6.45) is 9.38. The Morgan fingerprint density at radius 2 is 1.44 bits per heavy atom. The zero-order chi connectivity index (χ0) is 15.0. The van der Waals surface area contributed by atoms with Gasteiger partial charge in [0.15, 0.2) is 0 Å². The molecule has 4 aromatic rings. The van der Waals surface area contributed by atoms with Crippen molar-refractivity contribution in [2.75, 3.05) is 0 Å². The third kappa shape index (κ3) is 6.03. The topological polar surface area (TPSA) is 223 Å². The largest absolute Gasteiger partial charge is 2.00 e. The van der Waals surface area contributed by atoms with Crippen molar-refractivity contribution in [1.82, 2.24) is 61.2 Å². The zero-order valence-corrected chi connectivity index (χ0v) is 13.4. The number of nitrogens with zero attached hydrogens (tertiary/aromatic N) is 12. The van der Waals surface area contributed by atoms with Gasteiger partial charge in [0, 0.05) is 24.8 Å². The van der Waals surface area contributed by atoms with E-state index in [2.05, 4.69) is 61.2 Å². The monoisotopic (exact) mass is 388 g/mol. The molecular weight excluding hydrogens is 376 g/mol. The molecule has 4 heterocycles. The first-order valence-corrected chi connectivity index (χ1v) is 5.83. The van der Waals surface area contributed by atoms with Gasteiger partial charge < -0.3 is 21.1 Å². The fraction of sp³-hybridized carbons (Fsp3) is 0. The molecule has 6 N–H and O–H groups in total. The minimum Gasteiger partial charge on any atom is -0.457 e. The maximum absolute atomic E-state index is 3.95. The molecule has 0 aromatic carbocycles. The van der Waals surface area contributed by atoms with Gasteiger partial charge in [-0.05, 0) is 0 Å². The molecule has 15 heteroatoms. The smallest absolute Gasteiger partial charge is 0.457 e. The van der Waals surface area contributed by atoms with Crippen molar-refractivity contribution < 1.29 is 28.0 Å². The van der Waals surface area contributed by atoms with E-state index in [4.69, 9.17) is 0 Å². The van der Waals surface area contributed by atoms with Crippen LogP contribution in [0.25, 0.3) is 23.0 Å². The van der Waals surface area contributed by atoms with Gasteiger partial charge in [0.2, 0.25) is 0 Å². The summed E-state index contributed by atoms with van der Waals surface area (Å²) in [6, 6.07) is 0. The van der Waals surface area contributed by atoms with Crippen molar-refractivity contribution >= 4 is 0 Å². The van der Waals surface area contributed by atoms with Crippen LogP contribution in [0.3, 0.4) is 0 Å². The molecule has 0 amide bonds. The summed E-state index contributed by atoms with van der Waals surface area (Å²) in [5.41, 5.74) is 1.16. The minimum atomic E-state index is 0. The summed E-state index contributed by atoms with van der Waals surface area (Å²) in [6.45, 7) is 0. The standard InChI is InChI=1S/2C5H3N6.Fe.2H2O/c2*1-2-7-4(3-6-1)5-8-10-11-9-5;;;/h2*1-3H;;2*1H2/q2*-1;+2;;/p+2. The molecule has 0 spiro atoms. The SMILES string of the molecule is [Fe+2].[OH3+].[OH3+].c1cnc(-c2nn[n-]n2)cn1.c1cnc(-c2nnn[n-]2)cn1. The van der Waals surface area contributed by atoms with Gasteiger partial charge in [-0.2, -0.15) is 5.21 Å². The second kappa shape index (κ2) is 11.3. The summed E-state index contributed by atoms with van der Waals surface area (Å²) in [4.78, 5) is 15.6. The summed E-state index contributed by atoms with van der Waals surface area (Å²) in [5.74, 6) is 0.802. The van der Waals surface area contributed by atoms with Crippen LogP contribution in [0.4, 0.5) is 0 Å². The number of hydrogen-bond acceptors (Lipinski definition) is 10. The van der Waals surface area contributed by atoms with E-state index in [0.29, 0.717) is 23.0 Å². The van der Waals surface area contributed by atoms with Crippen molar-refractivity contribution in [2.45, 2.75) is 0 Å². The second-order valence-electron chi connectivity index (χ2n) is 3.59. The van der Waals surface area contributed by atoms with Gasteiger partial charge >= 0.3 is 17.1 Å². The van der Waals surface area contributed by atoms with Gasteiger partial charge in [-0.25, -0.2) is 5.10 Å². The molecule has 0 bridgehead atoms. The van der Waals surface area contributed by atoms with Crippen LogP contribution in [-0.4, -0.2) is 50.9 Å². The van der Waals surface area contributed by atoms with Gasteiger partial charge in [-0.15, -0.1) is 0 Å². The average Bonchev–Trinajstić information content (AvgIpc) is 3.31. The van der Waals surface area contributed by atoms with Crippen molar-refractivity contribution in [1.29, 1.82) is 0 Å². The van der Waals surface area contributed by atoms with Crippen LogP contribution >= 0.6 is 0 Å². The van der Waals surface area contributed by atoms with Crippen molar-refractivity contribution in [2.24, 2.45) is 0 Å². The van der Waals surface area contributed by atoms with Crippen molar-refractivity contribution in [3.8, 4) is 23.0 Å². The van der Waals surface area contributed by atoms with Gasteiger partial charge in [-0.3, -0.25) is 40.7 Å². The maximum atomic E-state index is 3.95. The fourth-order valence-corrected chi connectivity index (χ4v) is 1.32. The Balaban J connectivity index is 0.000000411. The Kier molecular flexibility index (Phi) is 9.83. The Hall–Kier alpha value is -3.26. The first-order chi connectivity index (χ1) is 10.9. The number of tetrazole rings is 2. The van der Waals surface area contributed by atoms with Crippen LogP contribution in [0.15, 0.2) is 37.2 Å². The molecule has 4 aromatic heterocycles. The molecule has 0 atom stereocenters. The molecule has 0 aliphatic heterocycles. The van der Waals surface area contributed by atoms with E-state index in [0.717, 1.165) is 0 Å². The van der Waals surface area contributed by atoms with E-state index < -0.39 is 0 Å². The van der Waals surface area contributed by atoms with E-state index in [1.54, 1.807) is 37.2 Å². The van der Waals surface area contributed by atoms with Crippen LogP contribution in [0.2, 0.25) is 0 Å². The van der Waals surface area contributed by atoms with Crippen LogP contribution in [0, 0.1) is 0 Å². The van der Waals surface area contributed by atoms with E-state index in [9.17, 15) is 0 Å². The van der Waals surface area contributed by atoms with Gasteiger partial charge in [0.05, 0.1) is 29.7 Å². The normalized spacial score (nSPS) is 8.64. The molecule has 0 aliphatic carbocycles. The predicted molar refractivity (Wildman–Crippen MR) is 78.1 cm³/mol. The number of aromatic nitrogens is 12. The fourth-order valence-electron chi connectivity index (χ4n) is 1.32. The molecule has 14 nitrogen and oxygen atoms in total. The molecular formula is C10H12FeN12O2+2. The molecule has 0 fully saturated rings. The van der Waals surface area contributed by atoms with E-state index in [1.807, 2.05) is 0 Å². The van der Waals surface area contributed by atoms with Crippen molar-refractivity contribution in [3.05, 3.63) is 37.2 Å². The molecule has 0 saturated heterocycles. The van der Waals surface area contributed by atoms with E-state index in [1.165, 1.54) is 0 Å². The average molecular weight is 388 g/mol. The summed E-state index contributed by atoms with van der Waals surface area (Å²) < 4.78 is 0. The molecule has 4 rings (SSSR count). The molecule has 0 aliphatic rings. The molecule has 0 radical (unpaired) electrons. The zero-order valence-electron chi connectivity index (χ0n) is 12.3.